The summed E-state index contributed by atoms with van der Waals surface area (Å²) in [5.41, 5.74) is 8.85. The van der Waals surface area contributed by atoms with Gasteiger partial charge in [-0.25, -0.2) is 4.39 Å². The second kappa shape index (κ2) is 5.10. The molecule has 0 spiro atoms. The third-order valence-corrected chi connectivity index (χ3v) is 3.58. The molecule has 20 heavy (non-hydrogen) atoms. The van der Waals surface area contributed by atoms with Gasteiger partial charge in [0.05, 0.1) is 6.04 Å². The van der Waals surface area contributed by atoms with Crippen LogP contribution in [0.15, 0.2) is 52.9 Å². The Morgan fingerprint density at radius 1 is 1.15 bits per heavy atom. The summed E-state index contributed by atoms with van der Waals surface area (Å²) in [6.45, 7) is 2.06. The molecule has 0 radical (unpaired) electrons. The van der Waals surface area contributed by atoms with E-state index in [0.29, 0.717) is 12.2 Å². The average molecular weight is 269 g/mol. The third kappa shape index (κ3) is 2.32. The normalized spacial score (nSPS) is 12.8. The van der Waals surface area contributed by atoms with Gasteiger partial charge in [0.1, 0.15) is 5.76 Å². The predicted octanol–water partition coefficient (Wildman–Crippen LogP) is 4.12. The minimum atomic E-state index is -0.350. The average Bonchev–Trinajstić information content (AvgIpc) is 2.87. The van der Waals surface area contributed by atoms with E-state index in [1.54, 1.807) is 6.07 Å². The quantitative estimate of drug-likeness (QED) is 0.776. The number of hydrogen-bond acceptors (Lipinski definition) is 2. The van der Waals surface area contributed by atoms with Crippen molar-refractivity contribution in [3.8, 4) is 0 Å². The van der Waals surface area contributed by atoms with Crippen molar-refractivity contribution in [1.82, 2.24) is 0 Å². The Labute approximate surface area is 117 Å². The van der Waals surface area contributed by atoms with Crippen LogP contribution >= 0.6 is 0 Å². The van der Waals surface area contributed by atoms with Gasteiger partial charge < -0.3 is 10.2 Å². The van der Waals surface area contributed by atoms with Crippen LogP contribution in [0.25, 0.3) is 11.0 Å². The number of fused-ring (bicyclic) bond motifs is 1. The summed E-state index contributed by atoms with van der Waals surface area (Å²) in [5.74, 6) is 0.269. The van der Waals surface area contributed by atoms with Gasteiger partial charge in [0.15, 0.2) is 11.4 Å². The van der Waals surface area contributed by atoms with Gasteiger partial charge in [-0.3, -0.25) is 0 Å². The highest BCUT2D eigenvalue weighted by molar-refractivity contribution is 5.78. The number of furan rings is 1. The molecule has 102 valence electrons. The summed E-state index contributed by atoms with van der Waals surface area (Å²) in [6.07, 6.45) is 0.675. The highest BCUT2D eigenvalue weighted by Gasteiger charge is 2.15. The molecular weight excluding hydrogens is 253 g/mol. The molecule has 0 aliphatic carbocycles. The van der Waals surface area contributed by atoms with E-state index in [9.17, 15) is 4.39 Å². The molecule has 0 fully saturated rings. The van der Waals surface area contributed by atoms with Gasteiger partial charge in [-0.05, 0) is 36.6 Å². The van der Waals surface area contributed by atoms with Crippen LogP contribution in [0.3, 0.4) is 0 Å². The fourth-order valence-electron chi connectivity index (χ4n) is 2.41. The monoisotopic (exact) mass is 269 g/mol. The van der Waals surface area contributed by atoms with Crippen LogP contribution < -0.4 is 5.73 Å². The van der Waals surface area contributed by atoms with Crippen molar-refractivity contribution < 1.29 is 8.81 Å². The van der Waals surface area contributed by atoms with Crippen LogP contribution in [0, 0.1) is 12.7 Å². The van der Waals surface area contributed by atoms with Gasteiger partial charge in [0, 0.05) is 5.39 Å². The summed E-state index contributed by atoms with van der Waals surface area (Å²) in [4.78, 5) is 0. The zero-order valence-corrected chi connectivity index (χ0v) is 11.3. The van der Waals surface area contributed by atoms with Gasteiger partial charge in [0.2, 0.25) is 0 Å². The molecule has 0 saturated heterocycles. The van der Waals surface area contributed by atoms with E-state index >= 15 is 0 Å². The van der Waals surface area contributed by atoms with Crippen molar-refractivity contribution in [3.05, 3.63) is 71.2 Å². The molecule has 0 amide bonds. The van der Waals surface area contributed by atoms with E-state index in [-0.39, 0.29) is 17.4 Å². The number of benzene rings is 2. The second-order valence-electron chi connectivity index (χ2n) is 5.04. The molecule has 3 rings (SSSR count). The highest BCUT2D eigenvalue weighted by Crippen LogP contribution is 2.27. The molecule has 0 aliphatic heterocycles. The lowest BCUT2D eigenvalue weighted by Gasteiger charge is -2.10. The Bertz CT molecular complexity index is 748. The highest BCUT2D eigenvalue weighted by atomic mass is 19.1. The van der Waals surface area contributed by atoms with Crippen molar-refractivity contribution in [2.45, 2.75) is 19.4 Å². The summed E-state index contributed by atoms with van der Waals surface area (Å²) >= 11 is 0. The van der Waals surface area contributed by atoms with E-state index in [1.807, 2.05) is 24.3 Å². The van der Waals surface area contributed by atoms with Gasteiger partial charge in [-0.1, -0.05) is 36.4 Å². The molecule has 2 aromatic carbocycles. The summed E-state index contributed by atoms with van der Waals surface area (Å²) in [6, 6.07) is 14.5. The number of aryl methyl sites for hydroxylation is 1. The number of halogens is 1. The minimum Gasteiger partial charge on any atom is -0.456 e. The molecule has 1 aromatic heterocycles. The molecule has 3 aromatic rings. The maximum Gasteiger partial charge on any atom is 0.169 e. The molecule has 0 saturated carbocycles. The molecule has 2 nitrogen and oxygen atoms in total. The van der Waals surface area contributed by atoms with Crippen molar-refractivity contribution in [1.29, 1.82) is 0 Å². The van der Waals surface area contributed by atoms with E-state index < -0.39 is 0 Å². The first-order valence-electron chi connectivity index (χ1n) is 6.63. The lowest BCUT2D eigenvalue weighted by molar-refractivity contribution is 0.478. The lowest BCUT2D eigenvalue weighted by Crippen LogP contribution is -2.13. The maximum absolute atomic E-state index is 13.6. The smallest absolute Gasteiger partial charge is 0.169 e. The fourth-order valence-corrected chi connectivity index (χ4v) is 2.41. The van der Waals surface area contributed by atoms with E-state index in [2.05, 4.69) is 19.1 Å². The zero-order valence-electron chi connectivity index (χ0n) is 11.3. The molecule has 0 aliphatic rings. The van der Waals surface area contributed by atoms with Crippen LogP contribution in [0.2, 0.25) is 0 Å². The Balaban J connectivity index is 1.91. The topological polar surface area (TPSA) is 39.2 Å². The minimum absolute atomic E-state index is 0.275. The summed E-state index contributed by atoms with van der Waals surface area (Å²) in [7, 11) is 0. The Morgan fingerprint density at radius 2 is 1.95 bits per heavy atom. The van der Waals surface area contributed by atoms with Crippen molar-refractivity contribution in [3.63, 3.8) is 0 Å². The molecule has 3 heteroatoms. The molecule has 1 heterocycles. The molecule has 1 unspecified atom stereocenters. The van der Waals surface area contributed by atoms with E-state index in [4.69, 9.17) is 10.2 Å². The van der Waals surface area contributed by atoms with Gasteiger partial charge in [-0.15, -0.1) is 0 Å². The van der Waals surface area contributed by atoms with Crippen molar-refractivity contribution in [2.24, 2.45) is 5.73 Å². The van der Waals surface area contributed by atoms with Crippen LogP contribution in [0.5, 0.6) is 0 Å². The van der Waals surface area contributed by atoms with Crippen LogP contribution in [0.4, 0.5) is 4.39 Å². The van der Waals surface area contributed by atoms with E-state index in [1.165, 1.54) is 17.2 Å². The lowest BCUT2D eigenvalue weighted by atomic mass is 10.0. The molecule has 0 bridgehead atoms. The molecule has 1 atom stereocenters. The standard InChI is InChI=1S/C17H16FNO/c1-11-5-2-3-6-12(11)9-15(19)16-10-13-7-4-8-14(18)17(13)20-16/h2-8,10,15H,9,19H2,1H3. The van der Waals surface area contributed by atoms with Crippen molar-refractivity contribution in [2.75, 3.05) is 0 Å². The zero-order chi connectivity index (χ0) is 14.1. The van der Waals surface area contributed by atoms with Crippen LogP contribution in [-0.4, -0.2) is 0 Å². The fraction of sp³-hybridized carbons (Fsp3) is 0.176. The number of para-hydroxylation sites is 1. The van der Waals surface area contributed by atoms with E-state index in [0.717, 1.165) is 5.39 Å². The Kier molecular flexibility index (Phi) is 3.28. The number of nitrogens with two attached hydrogens (primary N) is 1. The number of rotatable bonds is 3. The Hall–Kier alpha value is -2.13. The first-order valence-corrected chi connectivity index (χ1v) is 6.63. The van der Waals surface area contributed by atoms with Gasteiger partial charge in [-0.2, -0.15) is 0 Å². The SMILES string of the molecule is Cc1ccccc1CC(N)c1cc2cccc(F)c2o1. The van der Waals surface area contributed by atoms with Crippen LogP contribution in [0.1, 0.15) is 22.9 Å². The van der Waals surface area contributed by atoms with Crippen molar-refractivity contribution >= 4 is 11.0 Å². The van der Waals surface area contributed by atoms with Crippen LogP contribution in [-0.2, 0) is 6.42 Å². The maximum atomic E-state index is 13.6. The molecular formula is C17H16FNO. The first kappa shape index (κ1) is 12.9. The summed E-state index contributed by atoms with van der Waals surface area (Å²) < 4.78 is 19.2. The third-order valence-electron chi connectivity index (χ3n) is 3.58. The summed E-state index contributed by atoms with van der Waals surface area (Å²) in [5, 5.41) is 0.750. The van der Waals surface area contributed by atoms with Gasteiger partial charge in [0.25, 0.3) is 0 Å². The van der Waals surface area contributed by atoms with Gasteiger partial charge >= 0.3 is 0 Å². The predicted molar refractivity (Wildman–Crippen MR) is 78.0 cm³/mol. The number of hydrogen-bond donors (Lipinski definition) is 1. The first-order chi connectivity index (χ1) is 9.65. The molecule has 2 N–H and O–H groups in total. The largest absolute Gasteiger partial charge is 0.456 e. The second-order valence-corrected chi connectivity index (χ2v) is 5.04. The Morgan fingerprint density at radius 3 is 2.70 bits per heavy atom.